The van der Waals surface area contributed by atoms with Crippen molar-refractivity contribution in [1.82, 2.24) is 4.72 Å². The second-order valence-corrected chi connectivity index (χ2v) is 7.26. The summed E-state index contributed by atoms with van der Waals surface area (Å²) >= 11 is 5.61. The van der Waals surface area contributed by atoms with E-state index in [4.69, 9.17) is 17.3 Å². The van der Waals surface area contributed by atoms with Gasteiger partial charge >= 0.3 is 0 Å². The zero-order valence-electron chi connectivity index (χ0n) is 10.3. The van der Waals surface area contributed by atoms with Gasteiger partial charge < -0.3 is 5.73 Å². The predicted molar refractivity (Wildman–Crippen MR) is 72.8 cm³/mol. The van der Waals surface area contributed by atoms with E-state index in [-0.39, 0.29) is 17.3 Å². The molecular weight excluding hydrogens is 291 g/mol. The average Bonchev–Trinajstić information content (AvgIpc) is 2.29. The van der Waals surface area contributed by atoms with Crippen LogP contribution in [0.2, 0.25) is 5.02 Å². The highest BCUT2D eigenvalue weighted by atomic mass is 35.5. The molecule has 2 rings (SSSR count). The van der Waals surface area contributed by atoms with Gasteiger partial charge in [-0.2, -0.15) is 0 Å². The minimum Gasteiger partial charge on any atom is -0.324 e. The fourth-order valence-corrected chi connectivity index (χ4v) is 3.39. The van der Waals surface area contributed by atoms with E-state index in [2.05, 4.69) is 4.72 Å². The molecule has 0 aromatic heterocycles. The van der Waals surface area contributed by atoms with Crippen molar-refractivity contribution < 1.29 is 12.8 Å². The summed E-state index contributed by atoms with van der Waals surface area (Å²) in [5.74, 6) is -0.797. The predicted octanol–water partition coefficient (Wildman–Crippen LogP) is 1.78. The first-order valence-electron chi connectivity index (χ1n) is 6.00. The van der Waals surface area contributed by atoms with Gasteiger partial charge in [-0.3, -0.25) is 0 Å². The van der Waals surface area contributed by atoms with Gasteiger partial charge in [-0.1, -0.05) is 17.7 Å². The third-order valence-electron chi connectivity index (χ3n) is 3.33. The van der Waals surface area contributed by atoms with E-state index >= 15 is 0 Å². The monoisotopic (exact) mass is 306 g/mol. The Morgan fingerprint density at radius 1 is 1.42 bits per heavy atom. The summed E-state index contributed by atoms with van der Waals surface area (Å²) in [5.41, 5.74) is 5.98. The largest absolute Gasteiger partial charge is 0.324 e. The minimum absolute atomic E-state index is 0.0815. The number of rotatable bonds is 5. The molecule has 0 amide bonds. The average molecular weight is 307 g/mol. The second-order valence-electron chi connectivity index (χ2n) is 5.04. The molecule has 0 aliphatic heterocycles. The number of hydrogen-bond acceptors (Lipinski definition) is 3. The maximum absolute atomic E-state index is 13.0. The first-order chi connectivity index (χ1) is 8.80. The van der Waals surface area contributed by atoms with Crippen LogP contribution >= 0.6 is 11.6 Å². The molecule has 7 heteroatoms. The molecule has 4 nitrogen and oxygen atoms in total. The van der Waals surface area contributed by atoms with Crippen molar-refractivity contribution in [2.24, 2.45) is 5.73 Å². The van der Waals surface area contributed by atoms with Crippen molar-refractivity contribution in [3.8, 4) is 0 Å². The number of sulfonamides is 1. The van der Waals surface area contributed by atoms with Crippen molar-refractivity contribution in [3.05, 3.63) is 34.6 Å². The van der Waals surface area contributed by atoms with Crippen molar-refractivity contribution in [2.45, 2.75) is 30.6 Å². The SMILES string of the molecule is NC1(CNS(=O)(=O)Cc2ccc(F)c(Cl)c2)CCC1. The fraction of sp³-hybridized carbons (Fsp3) is 0.500. The van der Waals surface area contributed by atoms with Gasteiger partial charge in [0, 0.05) is 12.1 Å². The molecule has 0 spiro atoms. The summed E-state index contributed by atoms with van der Waals surface area (Å²) in [6.07, 6.45) is 2.70. The lowest BCUT2D eigenvalue weighted by atomic mass is 9.78. The molecular formula is C12H16ClFN2O2S. The zero-order chi connectivity index (χ0) is 14.1. The molecule has 1 aromatic rings. The van der Waals surface area contributed by atoms with E-state index < -0.39 is 21.4 Å². The third-order valence-corrected chi connectivity index (χ3v) is 4.92. The summed E-state index contributed by atoms with van der Waals surface area (Å²) in [6, 6.07) is 3.88. The van der Waals surface area contributed by atoms with Crippen LogP contribution in [0.1, 0.15) is 24.8 Å². The molecule has 1 aliphatic rings. The Bertz CT molecular complexity index is 573. The number of nitrogens with one attached hydrogen (secondary N) is 1. The Morgan fingerprint density at radius 3 is 2.63 bits per heavy atom. The van der Waals surface area contributed by atoms with Crippen LogP contribution in [0.3, 0.4) is 0 Å². The van der Waals surface area contributed by atoms with Crippen LogP contribution in [0.4, 0.5) is 4.39 Å². The fourth-order valence-electron chi connectivity index (χ4n) is 1.96. The van der Waals surface area contributed by atoms with Crippen LogP contribution in [0.25, 0.3) is 0 Å². The lowest BCUT2D eigenvalue weighted by molar-refractivity contribution is 0.251. The summed E-state index contributed by atoms with van der Waals surface area (Å²) < 4.78 is 39.2. The Morgan fingerprint density at radius 2 is 2.11 bits per heavy atom. The molecule has 0 bridgehead atoms. The van der Waals surface area contributed by atoms with Gasteiger partial charge in [-0.05, 0) is 37.0 Å². The van der Waals surface area contributed by atoms with E-state index in [0.29, 0.717) is 5.56 Å². The van der Waals surface area contributed by atoms with Gasteiger partial charge in [-0.25, -0.2) is 17.5 Å². The topological polar surface area (TPSA) is 72.2 Å². The van der Waals surface area contributed by atoms with Crippen LogP contribution < -0.4 is 10.5 Å². The highest BCUT2D eigenvalue weighted by Gasteiger charge is 2.33. The van der Waals surface area contributed by atoms with E-state index in [1.807, 2.05) is 0 Å². The van der Waals surface area contributed by atoms with E-state index in [1.165, 1.54) is 12.1 Å². The van der Waals surface area contributed by atoms with Gasteiger partial charge in [0.2, 0.25) is 10.0 Å². The minimum atomic E-state index is -3.48. The van der Waals surface area contributed by atoms with Crippen LogP contribution in [0.5, 0.6) is 0 Å². The molecule has 0 atom stereocenters. The molecule has 1 saturated carbocycles. The van der Waals surface area contributed by atoms with Gasteiger partial charge in [0.15, 0.2) is 0 Å². The maximum atomic E-state index is 13.0. The van der Waals surface area contributed by atoms with Crippen molar-refractivity contribution in [3.63, 3.8) is 0 Å². The molecule has 1 aliphatic carbocycles. The highest BCUT2D eigenvalue weighted by Crippen LogP contribution is 2.28. The number of nitrogens with two attached hydrogens (primary N) is 1. The number of benzene rings is 1. The van der Waals surface area contributed by atoms with Gasteiger partial charge in [0.1, 0.15) is 5.82 Å². The summed E-state index contributed by atoms with van der Waals surface area (Å²) in [5, 5.41) is -0.0815. The second kappa shape index (κ2) is 5.36. The summed E-state index contributed by atoms with van der Waals surface area (Å²) in [7, 11) is -3.48. The van der Waals surface area contributed by atoms with Crippen molar-refractivity contribution >= 4 is 21.6 Å². The molecule has 1 aromatic carbocycles. The molecule has 3 N–H and O–H groups in total. The van der Waals surface area contributed by atoms with Crippen LogP contribution in [0.15, 0.2) is 18.2 Å². The zero-order valence-corrected chi connectivity index (χ0v) is 11.9. The molecule has 106 valence electrons. The highest BCUT2D eigenvalue weighted by molar-refractivity contribution is 7.88. The number of hydrogen-bond donors (Lipinski definition) is 2. The Kier molecular flexibility index (Phi) is 4.15. The maximum Gasteiger partial charge on any atom is 0.215 e. The lowest BCUT2D eigenvalue weighted by Crippen LogP contribution is -2.54. The first kappa shape index (κ1) is 14.7. The Labute approximate surface area is 117 Å². The van der Waals surface area contributed by atoms with E-state index in [1.54, 1.807) is 0 Å². The molecule has 0 unspecified atom stereocenters. The van der Waals surface area contributed by atoms with Gasteiger partial charge in [-0.15, -0.1) is 0 Å². The first-order valence-corrected chi connectivity index (χ1v) is 8.03. The van der Waals surface area contributed by atoms with E-state index in [9.17, 15) is 12.8 Å². The third kappa shape index (κ3) is 3.89. The van der Waals surface area contributed by atoms with Crippen LogP contribution in [0, 0.1) is 5.82 Å². The Balaban J connectivity index is 1.98. The standard InChI is InChI=1S/C12H16ClFN2O2S/c13-10-6-9(2-3-11(10)14)7-19(17,18)16-8-12(15)4-1-5-12/h2-3,6,16H,1,4-5,7-8,15H2. The number of halogens is 2. The van der Waals surface area contributed by atoms with Crippen LogP contribution in [-0.2, 0) is 15.8 Å². The van der Waals surface area contributed by atoms with Crippen molar-refractivity contribution in [2.75, 3.05) is 6.54 Å². The van der Waals surface area contributed by atoms with Crippen LogP contribution in [-0.4, -0.2) is 20.5 Å². The molecule has 0 saturated heterocycles. The normalized spacial score (nSPS) is 18.1. The van der Waals surface area contributed by atoms with Crippen molar-refractivity contribution in [1.29, 1.82) is 0 Å². The lowest BCUT2D eigenvalue weighted by Gasteiger charge is -2.38. The smallest absolute Gasteiger partial charge is 0.215 e. The summed E-state index contributed by atoms with van der Waals surface area (Å²) in [6.45, 7) is 0.240. The summed E-state index contributed by atoms with van der Waals surface area (Å²) in [4.78, 5) is 0. The molecule has 0 radical (unpaired) electrons. The molecule has 1 fully saturated rings. The quantitative estimate of drug-likeness (QED) is 0.871. The van der Waals surface area contributed by atoms with Gasteiger partial charge in [0.25, 0.3) is 0 Å². The van der Waals surface area contributed by atoms with Gasteiger partial charge in [0.05, 0.1) is 10.8 Å². The molecule has 19 heavy (non-hydrogen) atoms. The molecule has 0 heterocycles. The van der Waals surface area contributed by atoms with E-state index in [0.717, 1.165) is 25.3 Å². The Hall–Kier alpha value is -0.690.